The van der Waals surface area contributed by atoms with Gasteiger partial charge in [-0.15, -0.1) is 0 Å². The van der Waals surface area contributed by atoms with E-state index < -0.39 is 0 Å². The van der Waals surface area contributed by atoms with Crippen LogP contribution < -0.4 is 0 Å². The molecule has 0 atom stereocenters. The van der Waals surface area contributed by atoms with Crippen LogP contribution >= 0.6 is 0 Å². The van der Waals surface area contributed by atoms with Gasteiger partial charge in [0.15, 0.2) is 0 Å². The van der Waals surface area contributed by atoms with Gasteiger partial charge >= 0.3 is 0 Å². The van der Waals surface area contributed by atoms with Crippen LogP contribution in [0.3, 0.4) is 0 Å². The van der Waals surface area contributed by atoms with Crippen molar-refractivity contribution in [2.45, 2.75) is 19.9 Å². The molecule has 0 amide bonds. The van der Waals surface area contributed by atoms with Crippen molar-refractivity contribution in [2.75, 3.05) is 0 Å². The van der Waals surface area contributed by atoms with Gasteiger partial charge in [-0.1, -0.05) is 48.0 Å². The number of nitrogens with one attached hydrogen (secondary N) is 1. The summed E-state index contributed by atoms with van der Waals surface area (Å²) < 4.78 is 2.23. The Morgan fingerprint density at radius 1 is 1.08 bits per heavy atom. The Balaban J connectivity index is 1.84. The number of para-hydroxylation sites is 1. The molecular formula is C22H17N3. The van der Waals surface area contributed by atoms with Crippen LogP contribution in [0.4, 0.5) is 0 Å². The number of aryl methyl sites for hydroxylation is 3. The summed E-state index contributed by atoms with van der Waals surface area (Å²) in [5, 5.41) is 11.0. The number of H-pyrrole nitrogens is 1. The smallest absolute Gasteiger partial charge is 0.101 e. The summed E-state index contributed by atoms with van der Waals surface area (Å²) in [6, 6.07) is 19.3. The van der Waals surface area contributed by atoms with E-state index in [1.54, 1.807) is 0 Å². The number of fused-ring (bicyclic) bond motifs is 5. The first-order valence-electron chi connectivity index (χ1n) is 8.56. The summed E-state index contributed by atoms with van der Waals surface area (Å²) in [7, 11) is 0. The molecule has 0 radical (unpaired) electrons. The van der Waals surface area contributed by atoms with E-state index in [0.29, 0.717) is 0 Å². The molecule has 1 aliphatic heterocycles. The lowest BCUT2D eigenvalue weighted by Gasteiger charge is -2.18. The van der Waals surface area contributed by atoms with E-state index in [1.165, 1.54) is 16.5 Å². The third-order valence-corrected chi connectivity index (χ3v) is 5.19. The van der Waals surface area contributed by atoms with Gasteiger partial charge < -0.3 is 9.55 Å². The lowest BCUT2D eigenvalue weighted by atomic mass is 9.95. The number of rotatable bonds is 1. The van der Waals surface area contributed by atoms with E-state index in [1.807, 2.05) is 6.20 Å². The second-order valence-electron chi connectivity index (χ2n) is 6.71. The van der Waals surface area contributed by atoms with E-state index >= 15 is 0 Å². The van der Waals surface area contributed by atoms with E-state index in [0.717, 1.165) is 46.6 Å². The molecule has 0 unspecified atom stereocenters. The fraction of sp³-hybridized carbons (Fsp3) is 0.136. The number of nitrogens with zero attached hydrogens (tertiary/aromatic N) is 2. The van der Waals surface area contributed by atoms with Crippen molar-refractivity contribution in [3.05, 3.63) is 71.4 Å². The zero-order valence-electron chi connectivity index (χ0n) is 14.0. The third kappa shape index (κ3) is 1.98. The van der Waals surface area contributed by atoms with Gasteiger partial charge in [-0.25, -0.2) is 0 Å². The van der Waals surface area contributed by atoms with E-state index in [-0.39, 0.29) is 0 Å². The summed E-state index contributed by atoms with van der Waals surface area (Å²) in [6.07, 6.45) is 2.98. The Morgan fingerprint density at radius 3 is 2.68 bits per heavy atom. The molecule has 3 nitrogen and oxygen atoms in total. The predicted molar refractivity (Wildman–Crippen MR) is 100 cm³/mol. The van der Waals surface area contributed by atoms with Crippen molar-refractivity contribution in [1.82, 2.24) is 9.55 Å². The minimum Gasteiger partial charge on any atom is -0.353 e. The minimum atomic E-state index is 0.741. The molecule has 1 aliphatic rings. The normalized spacial score (nSPS) is 12.6. The lowest BCUT2D eigenvalue weighted by molar-refractivity contribution is 0.690. The van der Waals surface area contributed by atoms with Gasteiger partial charge in [0.2, 0.25) is 0 Å². The first-order chi connectivity index (χ1) is 12.3. The standard InChI is InChI=1S/C22H17N3/c1-14-6-8-15(9-7-14)20-16(12-23)13-25-11-10-18-17-4-2-3-5-19(17)24-21(18)22(20)25/h2-9,13,24H,10-11H2,1H3. The third-order valence-electron chi connectivity index (χ3n) is 5.19. The SMILES string of the molecule is Cc1ccc(-c2c(C#N)cn3c2-c2[nH]c4ccccc4c2CC3)cc1. The average molecular weight is 323 g/mol. The molecule has 2 aromatic heterocycles. The molecule has 0 bridgehead atoms. The molecule has 0 aliphatic carbocycles. The summed E-state index contributed by atoms with van der Waals surface area (Å²) in [5.74, 6) is 0. The van der Waals surface area contributed by atoms with Crippen molar-refractivity contribution >= 4 is 10.9 Å². The average Bonchev–Trinajstić information content (AvgIpc) is 3.20. The molecule has 120 valence electrons. The summed E-state index contributed by atoms with van der Waals surface area (Å²) in [4.78, 5) is 3.60. The number of hydrogen-bond donors (Lipinski definition) is 1. The topological polar surface area (TPSA) is 44.5 Å². The summed E-state index contributed by atoms with van der Waals surface area (Å²) in [6.45, 7) is 2.99. The number of benzene rings is 2. The Hall–Kier alpha value is -3.25. The van der Waals surface area contributed by atoms with Crippen LogP contribution in [0.5, 0.6) is 0 Å². The highest BCUT2D eigenvalue weighted by Gasteiger charge is 2.26. The van der Waals surface area contributed by atoms with Crippen LogP contribution in [0.2, 0.25) is 0 Å². The van der Waals surface area contributed by atoms with Crippen molar-refractivity contribution in [3.63, 3.8) is 0 Å². The number of aromatic amines is 1. The molecule has 0 saturated carbocycles. The second kappa shape index (κ2) is 5.12. The Labute approximate surface area is 146 Å². The molecule has 3 heteroatoms. The number of hydrogen-bond acceptors (Lipinski definition) is 1. The quantitative estimate of drug-likeness (QED) is 0.524. The number of aromatic nitrogens is 2. The van der Waals surface area contributed by atoms with Crippen molar-refractivity contribution in [2.24, 2.45) is 0 Å². The maximum absolute atomic E-state index is 9.70. The molecule has 0 spiro atoms. The summed E-state index contributed by atoms with van der Waals surface area (Å²) >= 11 is 0. The fourth-order valence-corrected chi connectivity index (χ4v) is 3.99. The van der Waals surface area contributed by atoms with Crippen LogP contribution in [0.25, 0.3) is 33.4 Å². The molecule has 2 aromatic carbocycles. The lowest BCUT2D eigenvalue weighted by Crippen LogP contribution is -2.09. The van der Waals surface area contributed by atoms with Crippen LogP contribution in [0.1, 0.15) is 16.7 Å². The van der Waals surface area contributed by atoms with Crippen molar-refractivity contribution < 1.29 is 0 Å². The first-order valence-corrected chi connectivity index (χ1v) is 8.56. The van der Waals surface area contributed by atoms with E-state index in [9.17, 15) is 5.26 Å². The van der Waals surface area contributed by atoms with Gasteiger partial charge in [0.25, 0.3) is 0 Å². The van der Waals surface area contributed by atoms with Crippen LogP contribution in [-0.2, 0) is 13.0 Å². The fourth-order valence-electron chi connectivity index (χ4n) is 3.99. The molecule has 1 N–H and O–H groups in total. The maximum atomic E-state index is 9.70. The second-order valence-corrected chi connectivity index (χ2v) is 6.71. The Kier molecular flexibility index (Phi) is 2.89. The Morgan fingerprint density at radius 2 is 1.88 bits per heavy atom. The summed E-state index contributed by atoms with van der Waals surface area (Å²) in [5.41, 5.74) is 8.92. The predicted octanol–water partition coefficient (Wildman–Crippen LogP) is 5.04. The zero-order valence-corrected chi connectivity index (χ0v) is 14.0. The first kappa shape index (κ1) is 14.1. The molecular weight excluding hydrogens is 306 g/mol. The van der Waals surface area contributed by atoms with Crippen LogP contribution in [0.15, 0.2) is 54.7 Å². The highest BCUT2D eigenvalue weighted by molar-refractivity contribution is 5.95. The largest absolute Gasteiger partial charge is 0.353 e. The minimum absolute atomic E-state index is 0.741. The maximum Gasteiger partial charge on any atom is 0.101 e. The molecule has 0 saturated heterocycles. The van der Waals surface area contributed by atoms with Gasteiger partial charge in [0.05, 0.1) is 17.0 Å². The highest BCUT2D eigenvalue weighted by atomic mass is 15.0. The van der Waals surface area contributed by atoms with Crippen LogP contribution in [0, 0.1) is 18.3 Å². The molecule has 5 rings (SSSR count). The van der Waals surface area contributed by atoms with E-state index in [4.69, 9.17) is 0 Å². The molecule has 4 aromatic rings. The molecule has 3 heterocycles. The van der Waals surface area contributed by atoms with Gasteiger partial charge in [-0.05, 0) is 30.5 Å². The molecule has 25 heavy (non-hydrogen) atoms. The Bertz CT molecular complexity index is 1150. The van der Waals surface area contributed by atoms with Gasteiger partial charge in [0, 0.05) is 29.2 Å². The van der Waals surface area contributed by atoms with Gasteiger partial charge in [0.1, 0.15) is 6.07 Å². The zero-order chi connectivity index (χ0) is 17.0. The monoisotopic (exact) mass is 323 g/mol. The molecule has 0 fully saturated rings. The van der Waals surface area contributed by atoms with Gasteiger partial charge in [-0.2, -0.15) is 5.26 Å². The van der Waals surface area contributed by atoms with Crippen molar-refractivity contribution in [3.8, 4) is 28.6 Å². The highest BCUT2D eigenvalue weighted by Crippen LogP contribution is 2.42. The van der Waals surface area contributed by atoms with Crippen LogP contribution in [-0.4, -0.2) is 9.55 Å². The number of nitriles is 1. The van der Waals surface area contributed by atoms with Crippen molar-refractivity contribution in [1.29, 1.82) is 5.26 Å². The van der Waals surface area contributed by atoms with Gasteiger partial charge in [-0.3, -0.25) is 0 Å². The van der Waals surface area contributed by atoms with E-state index in [2.05, 4.69) is 71.1 Å².